The summed E-state index contributed by atoms with van der Waals surface area (Å²) < 4.78 is 27.0. The maximum atomic E-state index is 13.5. The monoisotopic (exact) mass is 217 g/mol. The Morgan fingerprint density at radius 2 is 2.00 bits per heavy atom. The van der Waals surface area contributed by atoms with E-state index in [0.29, 0.717) is 4.90 Å². The number of thioether (sulfide) groups is 1. The molecular formula is C10H13F2NS. The van der Waals surface area contributed by atoms with Crippen molar-refractivity contribution in [3.8, 4) is 0 Å². The Balaban J connectivity index is 3.04. The minimum atomic E-state index is -2.81. The van der Waals surface area contributed by atoms with E-state index in [4.69, 9.17) is 5.73 Å². The fourth-order valence-corrected chi connectivity index (χ4v) is 1.91. The second kappa shape index (κ2) is 4.75. The first-order valence-corrected chi connectivity index (χ1v) is 5.55. The zero-order chi connectivity index (χ0) is 10.6. The molecule has 0 bridgehead atoms. The van der Waals surface area contributed by atoms with Crippen molar-refractivity contribution in [3.05, 3.63) is 29.8 Å². The number of halogens is 2. The topological polar surface area (TPSA) is 26.0 Å². The van der Waals surface area contributed by atoms with Gasteiger partial charge in [-0.05, 0) is 18.9 Å². The van der Waals surface area contributed by atoms with Crippen LogP contribution >= 0.6 is 11.8 Å². The van der Waals surface area contributed by atoms with E-state index in [2.05, 4.69) is 0 Å². The first-order valence-electron chi connectivity index (χ1n) is 4.33. The third-order valence-electron chi connectivity index (χ3n) is 1.96. The highest BCUT2D eigenvalue weighted by Crippen LogP contribution is 2.36. The van der Waals surface area contributed by atoms with Crippen molar-refractivity contribution in [1.82, 2.24) is 0 Å². The van der Waals surface area contributed by atoms with Crippen LogP contribution in [0.3, 0.4) is 0 Å². The van der Waals surface area contributed by atoms with Crippen molar-refractivity contribution in [2.75, 3.05) is 12.8 Å². The minimum Gasteiger partial charge on any atom is -0.330 e. The average Bonchev–Trinajstić information content (AvgIpc) is 2.18. The fraction of sp³-hybridized carbons (Fsp3) is 0.400. The van der Waals surface area contributed by atoms with Crippen LogP contribution in [0.4, 0.5) is 8.78 Å². The molecular weight excluding hydrogens is 204 g/mol. The van der Waals surface area contributed by atoms with Crippen molar-refractivity contribution in [2.45, 2.75) is 17.2 Å². The molecule has 0 aliphatic heterocycles. The van der Waals surface area contributed by atoms with Gasteiger partial charge in [0.1, 0.15) is 0 Å². The van der Waals surface area contributed by atoms with E-state index >= 15 is 0 Å². The number of benzene rings is 1. The van der Waals surface area contributed by atoms with Crippen LogP contribution in [-0.2, 0) is 5.92 Å². The van der Waals surface area contributed by atoms with Gasteiger partial charge in [-0.15, -0.1) is 11.8 Å². The fourth-order valence-electron chi connectivity index (χ4n) is 1.26. The molecule has 0 heterocycles. The van der Waals surface area contributed by atoms with Gasteiger partial charge >= 0.3 is 0 Å². The van der Waals surface area contributed by atoms with Crippen molar-refractivity contribution in [3.63, 3.8) is 0 Å². The Morgan fingerprint density at radius 3 is 2.57 bits per heavy atom. The molecule has 0 amide bonds. The van der Waals surface area contributed by atoms with E-state index in [1.165, 1.54) is 17.8 Å². The van der Waals surface area contributed by atoms with Crippen molar-refractivity contribution >= 4 is 11.8 Å². The summed E-state index contributed by atoms with van der Waals surface area (Å²) in [6.45, 7) is -0.00425. The zero-order valence-corrected chi connectivity index (χ0v) is 8.78. The largest absolute Gasteiger partial charge is 0.330 e. The van der Waals surface area contributed by atoms with Crippen molar-refractivity contribution in [2.24, 2.45) is 5.73 Å². The Morgan fingerprint density at radius 1 is 1.36 bits per heavy atom. The van der Waals surface area contributed by atoms with E-state index in [-0.39, 0.29) is 18.5 Å². The molecule has 0 unspecified atom stereocenters. The van der Waals surface area contributed by atoms with Crippen LogP contribution in [0, 0.1) is 0 Å². The van der Waals surface area contributed by atoms with Crippen LogP contribution in [0.1, 0.15) is 12.0 Å². The molecule has 0 aliphatic rings. The van der Waals surface area contributed by atoms with Crippen LogP contribution in [-0.4, -0.2) is 12.8 Å². The summed E-state index contributed by atoms with van der Waals surface area (Å²) >= 11 is 1.33. The number of alkyl halides is 2. The van der Waals surface area contributed by atoms with Crippen LogP contribution in [0.2, 0.25) is 0 Å². The summed E-state index contributed by atoms with van der Waals surface area (Å²) in [5, 5.41) is 0. The molecule has 78 valence electrons. The molecule has 0 aliphatic carbocycles. The van der Waals surface area contributed by atoms with E-state index in [1.54, 1.807) is 24.5 Å². The van der Waals surface area contributed by atoms with Gasteiger partial charge in [0.2, 0.25) is 0 Å². The summed E-state index contributed by atoms with van der Waals surface area (Å²) in [7, 11) is 0. The summed E-state index contributed by atoms with van der Waals surface area (Å²) in [4.78, 5) is 0.617. The van der Waals surface area contributed by atoms with Gasteiger partial charge in [-0.3, -0.25) is 0 Å². The molecule has 0 saturated heterocycles. The van der Waals surface area contributed by atoms with Gasteiger partial charge in [0.25, 0.3) is 5.92 Å². The third-order valence-corrected chi connectivity index (χ3v) is 2.76. The molecule has 1 aromatic rings. The first kappa shape index (κ1) is 11.5. The lowest BCUT2D eigenvalue weighted by Gasteiger charge is -2.18. The minimum absolute atomic E-state index is 0.00425. The molecule has 1 aromatic carbocycles. The smallest absolute Gasteiger partial charge is 0.275 e. The summed E-state index contributed by atoms with van der Waals surface area (Å²) in [6.07, 6.45) is 1.49. The highest BCUT2D eigenvalue weighted by atomic mass is 32.2. The van der Waals surface area contributed by atoms with Crippen LogP contribution in [0.5, 0.6) is 0 Å². The number of rotatable bonds is 4. The average molecular weight is 217 g/mol. The highest BCUT2D eigenvalue weighted by Gasteiger charge is 2.32. The van der Waals surface area contributed by atoms with E-state index in [0.717, 1.165) is 0 Å². The summed E-state index contributed by atoms with van der Waals surface area (Å²) in [6, 6.07) is 6.54. The van der Waals surface area contributed by atoms with Gasteiger partial charge in [0, 0.05) is 16.9 Å². The summed E-state index contributed by atoms with van der Waals surface area (Å²) in [5.41, 5.74) is 5.24. The van der Waals surface area contributed by atoms with Gasteiger partial charge in [-0.25, -0.2) is 8.78 Å². The molecule has 4 heteroatoms. The van der Waals surface area contributed by atoms with Crippen LogP contribution < -0.4 is 5.73 Å². The predicted molar refractivity (Wildman–Crippen MR) is 55.8 cm³/mol. The Kier molecular flexibility index (Phi) is 3.89. The van der Waals surface area contributed by atoms with Gasteiger partial charge < -0.3 is 5.73 Å². The normalized spacial score (nSPS) is 11.7. The summed E-state index contributed by atoms with van der Waals surface area (Å²) in [5.74, 6) is -2.81. The second-order valence-corrected chi connectivity index (χ2v) is 3.79. The molecule has 0 atom stereocenters. The quantitative estimate of drug-likeness (QED) is 0.785. The molecule has 0 spiro atoms. The van der Waals surface area contributed by atoms with Gasteiger partial charge in [0.15, 0.2) is 0 Å². The molecule has 0 aromatic heterocycles. The predicted octanol–water partition coefficient (Wildman–Crippen LogP) is 2.85. The van der Waals surface area contributed by atoms with Crippen molar-refractivity contribution < 1.29 is 8.78 Å². The maximum absolute atomic E-state index is 13.5. The zero-order valence-electron chi connectivity index (χ0n) is 7.97. The highest BCUT2D eigenvalue weighted by molar-refractivity contribution is 7.98. The Labute approximate surface area is 86.7 Å². The Hall–Kier alpha value is -0.610. The lowest BCUT2D eigenvalue weighted by Crippen LogP contribution is -2.19. The lowest BCUT2D eigenvalue weighted by atomic mass is 10.1. The van der Waals surface area contributed by atoms with Gasteiger partial charge in [-0.1, -0.05) is 18.2 Å². The molecule has 1 rings (SSSR count). The van der Waals surface area contributed by atoms with Gasteiger partial charge in [0.05, 0.1) is 0 Å². The third kappa shape index (κ3) is 2.45. The lowest BCUT2D eigenvalue weighted by molar-refractivity contribution is -0.0133. The van der Waals surface area contributed by atoms with E-state index < -0.39 is 5.92 Å². The molecule has 0 fully saturated rings. The molecule has 14 heavy (non-hydrogen) atoms. The van der Waals surface area contributed by atoms with E-state index in [9.17, 15) is 8.78 Å². The van der Waals surface area contributed by atoms with E-state index in [1.807, 2.05) is 0 Å². The maximum Gasteiger partial charge on any atom is 0.275 e. The number of hydrogen-bond donors (Lipinski definition) is 1. The molecule has 1 nitrogen and oxygen atoms in total. The molecule has 0 saturated carbocycles. The molecule has 2 N–H and O–H groups in total. The van der Waals surface area contributed by atoms with Gasteiger partial charge in [-0.2, -0.15) is 0 Å². The number of hydrogen-bond acceptors (Lipinski definition) is 2. The standard InChI is InChI=1S/C10H13F2NS/c1-14-9-5-3-2-4-8(9)10(11,12)6-7-13/h2-5H,6-7,13H2,1H3. The first-order chi connectivity index (χ1) is 6.61. The van der Waals surface area contributed by atoms with Crippen LogP contribution in [0.25, 0.3) is 0 Å². The van der Waals surface area contributed by atoms with Crippen molar-refractivity contribution in [1.29, 1.82) is 0 Å². The Bertz CT molecular complexity index is 302. The second-order valence-electron chi connectivity index (χ2n) is 2.94. The SMILES string of the molecule is CSc1ccccc1C(F)(F)CCN. The molecule has 0 radical (unpaired) electrons. The number of nitrogens with two attached hydrogens (primary N) is 1. The van der Waals surface area contributed by atoms with Crippen LogP contribution in [0.15, 0.2) is 29.2 Å².